The van der Waals surface area contributed by atoms with E-state index in [1.165, 1.54) is 6.92 Å². The van der Waals surface area contributed by atoms with Crippen LogP contribution in [0.3, 0.4) is 0 Å². The number of allylic oxidation sites excluding steroid dienone is 1. The maximum atomic E-state index is 11.6. The summed E-state index contributed by atoms with van der Waals surface area (Å²) in [5, 5.41) is 16.1. The zero-order valence-corrected chi connectivity index (χ0v) is 3.98. The molecule has 0 aliphatic carbocycles. The Morgan fingerprint density at radius 2 is 2.14 bits per heavy atom. The molecular weight excluding hydrogens is 99.0 g/mol. The van der Waals surface area contributed by atoms with Gasteiger partial charge < -0.3 is 10.2 Å². The molecule has 7 heavy (non-hydrogen) atoms. The van der Waals surface area contributed by atoms with E-state index in [0.717, 1.165) is 0 Å². The maximum absolute atomic E-state index is 11.6. The van der Waals surface area contributed by atoms with Crippen LogP contribution in [-0.2, 0) is 0 Å². The van der Waals surface area contributed by atoms with Gasteiger partial charge in [-0.15, -0.1) is 0 Å². The van der Waals surface area contributed by atoms with Crippen LogP contribution in [0, 0.1) is 0 Å². The summed E-state index contributed by atoms with van der Waals surface area (Å²) in [7, 11) is 0. The highest BCUT2D eigenvalue weighted by Gasteiger charge is 1.93. The second-order valence-electron chi connectivity index (χ2n) is 1.15. The maximum Gasteiger partial charge on any atom is 0.162 e. The van der Waals surface area contributed by atoms with Gasteiger partial charge in [-0.2, -0.15) is 0 Å². The average Bonchev–Trinajstić information content (AvgIpc) is 1.65. The number of aliphatic hydroxyl groups is 2. The summed E-state index contributed by atoms with van der Waals surface area (Å²) >= 11 is 0. The standard InChI is InChI=1S/C4H7FO2/c1-3(7)4(5)2-6/h6-7H,2H2,1H3. The Labute approximate surface area is 40.9 Å². The third kappa shape index (κ3) is 2.17. The van der Waals surface area contributed by atoms with Crippen molar-refractivity contribution < 1.29 is 14.6 Å². The lowest BCUT2D eigenvalue weighted by atomic mass is 10.5. The second kappa shape index (κ2) is 2.58. The Bertz CT molecular complexity index is 83.7. The van der Waals surface area contributed by atoms with Gasteiger partial charge in [-0.25, -0.2) is 4.39 Å². The topological polar surface area (TPSA) is 40.5 Å². The Hall–Kier alpha value is -0.570. The van der Waals surface area contributed by atoms with Crippen molar-refractivity contribution in [3.05, 3.63) is 11.6 Å². The smallest absolute Gasteiger partial charge is 0.162 e. The normalized spacial score (nSPS) is 13.6. The van der Waals surface area contributed by atoms with E-state index >= 15 is 0 Å². The first kappa shape index (κ1) is 6.43. The molecule has 0 aliphatic heterocycles. The molecule has 0 unspecified atom stereocenters. The van der Waals surface area contributed by atoms with Gasteiger partial charge in [0.25, 0.3) is 0 Å². The molecule has 0 saturated carbocycles. The summed E-state index contributed by atoms with van der Waals surface area (Å²) in [5.41, 5.74) is 0. The van der Waals surface area contributed by atoms with Gasteiger partial charge in [-0.3, -0.25) is 0 Å². The van der Waals surface area contributed by atoms with E-state index < -0.39 is 18.2 Å². The number of hydrogen-bond donors (Lipinski definition) is 2. The minimum atomic E-state index is -0.875. The molecule has 0 atom stereocenters. The lowest BCUT2D eigenvalue weighted by Crippen LogP contribution is -1.85. The largest absolute Gasteiger partial charge is 0.510 e. The molecule has 42 valence electrons. The van der Waals surface area contributed by atoms with Gasteiger partial charge in [0.1, 0.15) is 5.76 Å². The quantitative estimate of drug-likeness (QED) is 0.484. The average molecular weight is 106 g/mol. The van der Waals surface area contributed by atoms with E-state index in [0.29, 0.717) is 0 Å². The Morgan fingerprint density at radius 1 is 1.71 bits per heavy atom. The van der Waals surface area contributed by atoms with Crippen LogP contribution in [0.25, 0.3) is 0 Å². The van der Waals surface area contributed by atoms with Gasteiger partial charge in [-0.1, -0.05) is 0 Å². The van der Waals surface area contributed by atoms with Crippen LogP contribution >= 0.6 is 0 Å². The summed E-state index contributed by atoms with van der Waals surface area (Å²) in [6.07, 6.45) is 0. The van der Waals surface area contributed by atoms with Crippen LogP contribution in [0.1, 0.15) is 6.92 Å². The third-order valence-corrected chi connectivity index (χ3v) is 0.531. The minimum Gasteiger partial charge on any atom is -0.510 e. The van der Waals surface area contributed by atoms with Crippen molar-refractivity contribution in [2.75, 3.05) is 6.61 Å². The zero-order valence-electron chi connectivity index (χ0n) is 3.98. The highest BCUT2D eigenvalue weighted by molar-refractivity contribution is 4.94. The lowest BCUT2D eigenvalue weighted by Gasteiger charge is -1.88. The first-order valence-electron chi connectivity index (χ1n) is 1.83. The molecule has 0 aromatic rings. The number of rotatable bonds is 1. The molecule has 0 spiro atoms. The highest BCUT2D eigenvalue weighted by atomic mass is 19.1. The summed E-state index contributed by atoms with van der Waals surface area (Å²) in [6, 6.07) is 0. The van der Waals surface area contributed by atoms with Crippen molar-refractivity contribution in [1.82, 2.24) is 0 Å². The summed E-state index contributed by atoms with van der Waals surface area (Å²) < 4.78 is 11.6. The van der Waals surface area contributed by atoms with Crippen LogP contribution in [-0.4, -0.2) is 16.8 Å². The molecule has 0 bridgehead atoms. The molecule has 0 rings (SSSR count). The Kier molecular flexibility index (Phi) is 2.37. The SMILES string of the molecule is CC(O)=C(F)CO. The number of halogens is 1. The molecule has 0 saturated heterocycles. The zero-order chi connectivity index (χ0) is 5.86. The van der Waals surface area contributed by atoms with E-state index in [4.69, 9.17) is 10.2 Å². The molecular formula is C4H7FO2. The highest BCUT2D eigenvalue weighted by Crippen LogP contribution is 1.98. The molecule has 0 amide bonds. The second-order valence-corrected chi connectivity index (χ2v) is 1.15. The van der Waals surface area contributed by atoms with Gasteiger partial charge in [-0.05, 0) is 6.92 Å². The van der Waals surface area contributed by atoms with Crippen LogP contribution in [0.5, 0.6) is 0 Å². The molecule has 0 aromatic heterocycles. The molecule has 2 N–H and O–H groups in total. The van der Waals surface area contributed by atoms with Gasteiger partial charge >= 0.3 is 0 Å². The first-order valence-corrected chi connectivity index (χ1v) is 1.83. The fourth-order valence-electron chi connectivity index (χ4n) is 0.114. The van der Waals surface area contributed by atoms with Crippen molar-refractivity contribution in [1.29, 1.82) is 0 Å². The number of aliphatic hydroxyl groups excluding tert-OH is 2. The minimum absolute atomic E-state index is 0.456. The van der Waals surface area contributed by atoms with Crippen LogP contribution in [0.15, 0.2) is 11.6 Å². The number of hydrogen-bond acceptors (Lipinski definition) is 2. The lowest BCUT2D eigenvalue weighted by molar-refractivity contribution is 0.275. The Morgan fingerprint density at radius 3 is 2.14 bits per heavy atom. The van der Waals surface area contributed by atoms with Crippen molar-refractivity contribution >= 4 is 0 Å². The molecule has 0 heterocycles. The fourth-order valence-corrected chi connectivity index (χ4v) is 0.114. The first-order chi connectivity index (χ1) is 3.18. The van der Waals surface area contributed by atoms with Crippen LogP contribution in [0.2, 0.25) is 0 Å². The van der Waals surface area contributed by atoms with E-state index in [1.54, 1.807) is 0 Å². The van der Waals surface area contributed by atoms with Crippen molar-refractivity contribution in [2.24, 2.45) is 0 Å². The molecule has 3 heteroatoms. The van der Waals surface area contributed by atoms with Gasteiger partial charge in [0.2, 0.25) is 0 Å². The van der Waals surface area contributed by atoms with E-state index in [-0.39, 0.29) is 0 Å². The van der Waals surface area contributed by atoms with Gasteiger partial charge in [0.05, 0.1) is 6.61 Å². The van der Waals surface area contributed by atoms with Crippen molar-refractivity contribution in [2.45, 2.75) is 6.92 Å². The van der Waals surface area contributed by atoms with Crippen molar-refractivity contribution in [3.8, 4) is 0 Å². The summed E-state index contributed by atoms with van der Waals surface area (Å²) in [5.74, 6) is -1.33. The molecule has 0 radical (unpaired) electrons. The predicted molar refractivity (Wildman–Crippen MR) is 23.5 cm³/mol. The summed E-state index contributed by atoms with van der Waals surface area (Å²) in [4.78, 5) is 0. The molecule has 2 nitrogen and oxygen atoms in total. The van der Waals surface area contributed by atoms with Crippen LogP contribution in [0.4, 0.5) is 4.39 Å². The van der Waals surface area contributed by atoms with Crippen molar-refractivity contribution in [3.63, 3.8) is 0 Å². The van der Waals surface area contributed by atoms with Gasteiger partial charge in [0, 0.05) is 0 Å². The monoisotopic (exact) mass is 106 g/mol. The van der Waals surface area contributed by atoms with Gasteiger partial charge in [0.15, 0.2) is 5.83 Å². The third-order valence-electron chi connectivity index (χ3n) is 0.531. The molecule has 0 aliphatic rings. The summed E-state index contributed by atoms with van der Waals surface area (Å²) in [6.45, 7) is 0.452. The molecule has 0 fully saturated rings. The predicted octanol–water partition coefficient (Wildman–Crippen LogP) is 0.738. The molecule has 0 aromatic carbocycles. The Balaban J connectivity index is 3.72. The fraction of sp³-hybridized carbons (Fsp3) is 0.500. The van der Waals surface area contributed by atoms with E-state index in [1.807, 2.05) is 0 Å². The van der Waals surface area contributed by atoms with E-state index in [9.17, 15) is 4.39 Å². The van der Waals surface area contributed by atoms with E-state index in [2.05, 4.69) is 0 Å². The van der Waals surface area contributed by atoms with Crippen LogP contribution < -0.4 is 0 Å².